The predicted molar refractivity (Wildman–Crippen MR) is 144 cm³/mol. The fraction of sp³-hybridized carbons (Fsp3) is 0.0938. The SMILES string of the molecule is O=Cc1ccc(C(O)c2cccc(OC/C=C/c3ccccc3)c2)c(OC/C=C/c2ccccc2)c1. The molecule has 0 heterocycles. The number of ether oxygens (including phenoxy) is 2. The summed E-state index contributed by atoms with van der Waals surface area (Å²) in [6, 6.07) is 32.3. The van der Waals surface area contributed by atoms with Gasteiger partial charge in [0.25, 0.3) is 0 Å². The fourth-order valence-corrected chi connectivity index (χ4v) is 3.71. The summed E-state index contributed by atoms with van der Waals surface area (Å²) in [5.74, 6) is 1.11. The highest BCUT2D eigenvalue weighted by Crippen LogP contribution is 2.32. The number of aldehydes is 1. The fourth-order valence-electron chi connectivity index (χ4n) is 3.71. The molecule has 0 bridgehead atoms. The summed E-state index contributed by atoms with van der Waals surface area (Å²) < 4.78 is 11.8. The zero-order valence-corrected chi connectivity index (χ0v) is 19.9. The van der Waals surface area contributed by atoms with E-state index in [0.717, 1.165) is 17.4 Å². The standard InChI is InChI=1S/C32H28O4/c33-24-27-18-19-30(31(22-27)36-21-9-15-26-12-5-2-6-13-26)32(34)28-16-7-17-29(23-28)35-20-8-14-25-10-3-1-4-11-25/h1-19,22-24,32,34H,20-21H2/b14-8+,15-9+. The zero-order chi connectivity index (χ0) is 25.0. The third-order valence-corrected chi connectivity index (χ3v) is 5.54. The van der Waals surface area contributed by atoms with Crippen molar-refractivity contribution in [3.8, 4) is 11.5 Å². The Bertz CT molecular complexity index is 1310. The molecule has 36 heavy (non-hydrogen) atoms. The van der Waals surface area contributed by atoms with Gasteiger partial charge in [0.2, 0.25) is 0 Å². The second kappa shape index (κ2) is 12.9. The summed E-state index contributed by atoms with van der Waals surface area (Å²) in [6.07, 6.45) is 7.64. The van der Waals surface area contributed by atoms with Crippen molar-refractivity contribution in [3.63, 3.8) is 0 Å². The lowest BCUT2D eigenvalue weighted by Crippen LogP contribution is -2.05. The number of hydrogen-bond acceptors (Lipinski definition) is 4. The summed E-state index contributed by atoms with van der Waals surface area (Å²) in [5.41, 5.74) is 3.90. The van der Waals surface area contributed by atoms with E-state index < -0.39 is 6.10 Å². The lowest BCUT2D eigenvalue weighted by atomic mass is 9.99. The molecule has 4 aromatic carbocycles. The average molecular weight is 477 g/mol. The van der Waals surface area contributed by atoms with E-state index in [9.17, 15) is 9.90 Å². The highest BCUT2D eigenvalue weighted by Gasteiger charge is 2.17. The van der Waals surface area contributed by atoms with Gasteiger partial charge in [-0.05, 0) is 47.0 Å². The van der Waals surface area contributed by atoms with E-state index in [1.807, 2.05) is 109 Å². The van der Waals surface area contributed by atoms with Crippen LogP contribution in [-0.2, 0) is 0 Å². The van der Waals surface area contributed by atoms with Gasteiger partial charge in [0.05, 0.1) is 0 Å². The van der Waals surface area contributed by atoms with E-state index >= 15 is 0 Å². The number of benzene rings is 4. The summed E-state index contributed by atoms with van der Waals surface area (Å²) in [5, 5.41) is 11.2. The van der Waals surface area contributed by atoms with E-state index in [4.69, 9.17) is 9.47 Å². The van der Waals surface area contributed by atoms with Crippen molar-refractivity contribution in [2.45, 2.75) is 6.10 Å². The Labute approximate surface area is 211 Å². The molecular weight excluding hydrogens is 448 g/mol. The molecule has 0 radical (unpaired) electrons. The number of rotatable bonds is 11. The molecule has 180 valence electrons. The van der Waals surface area contributed by atoms with Crippen molar-refractivity contribution in [1.82, 2.24) is 0 Å². The van der Waals surface area contributed by atoms with Gasteiger partial charge in [-0.15, -0.1) is 0 Å². The first-order valence-corrected chi connectivity index (χ1v) is 11.8. The molecule has 0 aliphatic rings. The second-order valence-corrected chi connectivity index (χ2v) is 8.14. The minimum Gasteiger partial charge on any atom is -0.490 e. The van der Waals surface area contributed by atoms with Crippen molar-refractivity contribution in [2.75, 3.05) is 13.2 Å². The van der Waals surface area contributed by atoms with Crippen LogP contribution < -0.4 is 9.47 Å². The van der Waals surface area contributed by atoms with Crippen LogP contribution >= 0.6 is 0 Å². The Morgan fingerprint density at radius 1 is 0.667 bits per heavy atom. The van der Waals surface area contributed by atoms with Gasteiger partial charge < -0.3 is 14.6 Å². The molecule has 4 heteroatoms. The highest BCUT2D eigenvalue weighted by atomic mass is 16.5. The topological polar surface area (TPSA) is 55.8 Å². The van der Waals surface area contributed by atoms with Crippen LogP contribution in [0.15, 0.2) is 115 Å². The first-order chi connectivity index (χ1) is 17.7. The summed E-state index contributed by atoms with van der Waals surface area (Å²) in [6.45, 7) is 0.707. The first kappa shape index (κ1) is 24.7. The molecular formula is C32H28O4. The molecule has 4 aromatic rings. The van der Waals surface area contributed by atoms with E-state index in [0.29, 0.717) is 41.4 Å². The van der Waals surface area contributed by atoms with Gasteiger partial charge in [-0.25, -0.2) is 0 Å². The smallest absolute Gasteiger partial charge is 0.150 e. The molecule has 1 N–H and O–H groups in total. The Balaban J connectivity index is 1.44. The maximum Gasteiger partial charge on any atom is 0.150 e. The Hall–Kier alpha value is -4.41. The lowest BCUT2D eigenvalue weighted by Gasteiger charge is -2.17. The maximum absolute atomic E-state index is 11.3. The number of hydrogen-bond donors (Lipinski definition) is 1. The maximum atomic E-state index is 11.3. The van der Waals surface area contributed by atoms with Crippen LogP contribution in [0.1, 0.15) is 38.7 Å². The second-order valence-electron chi connectivity index (χ2n) is 8.14. The molecule has 4 nitrogen and oxygen atoms in total. The number of aliphatic hydroxyl groups excluding tert-OH is 1. The Morgan fingerprint density at radius 2 is 1.31 bits per heavy atom. The Morgan fingerprint density at radius 3 is 1.94 bits per heavy atom. The van der Waals surface area contributed by atoms with Gasteiger partial charge in [-0.1, -0.05) is 97.1 Å². The van der Waals surface area contributed by atoms with Gasteiger partial charge in [0, 0.05) is 11.1 Å². The van der Waals surface area contributed by atoms with Gasteiger partial charge in [0.1, 0.15) is 37.1 Å². The molecule has 0 amide bonds. The van der Waals surface area contributed by atoms with Gasteiger partial charge in [0.15, 0.2) is 0 Å². The van der Waals surface area contributed by atoms with Gasteiger partial charge >= 0.3 is 0 Å². The van der Waals surface area contributed by atoms with Crippen molar-refractivity contribution in [1.29, 1.82) is 0 Å². The quantitative estimate of drug-likeness (QED) is 0.243. The number of aliphatic hydroxyl groups is 1. The molecule has 0 aliphatic heterocycles. The molecule has 0 saturated heterocycles. The van der Waals surface area contributed by atoms with Crippen LogP contribution in [0, 0.1) is 0 Å². The third kappa shape index (κ3) is 7.05. The minimum absolute atomic E-state index is 0.299. The lowest BCUT2D eigenvalue weighted by molar-refractivity contribution is 0.112. The van der Waals surface area contributed by atoms with Crippen LogP contribution in [0.5, 0.6) is 11.5 Å². The Kier molecular flexibility index (Phi) is 8.84. The molecule has 0 fully saturated rings. The molecule has 4 rings (SSSR count). The number of carbonyl (C=O) groups is 1. The molecule has 0 aliphatic carbocycles. The highest BCUT2D eigenvalue weighted by molar-refractivity contribution is 5.76. The summed E-state index contributed by atoms with van der Waals surface area (Å²) in [4.78, 5) is 11.3. The monoisotopic (exact) mass is 476 g/mol. The van der Waals surface area contributed by atoms with Crippen LogP contribution in [0.3, 0.4) is 0 Å². The minimum atomic E-state index is -0.942. The predicted octanol–water partition coefficient (Wildman–Crippen LogP) is 6.77. The van der Waals surface area contributed by atoms with Crippen LogP contribution in [0.2, 0.25) is 0 Å². The normalized spacial score (nSPS) is 12.0. The summed E-state index contributed by atoms with van der Waals surface area (Å²) >= 11 is 0. The first-order valence-electron chi connectivity index (χ1n) is 11.8. The van der Waals surface area contributed by atoms with Crippen molar-refractivity contribution < 1.29 is 19.4 Å². The molecule has 0 aromatic heterocycles. The molecule has 1 atom stereocenters. The van der Waals surface area contributed by atoms with Gasteiger partial charge in [-0.3, -0.25) is 4.79 Å². The van der Waals surface area contributed by atoms with E-state index in [2.05, 4.69) is 0 Å². The van der Waals surface area contributed by atoms with Crippen molar-refractivity contribution in [2.24, 2.45) is 0 Å². The van der Waals surface area contributed by atoms with Crippen LogP contribution in [-0.4, -0.2) is 24.6 Å². The number of carbonyl (C=O) groups excluding carboxylic acids is 1. The molecule has 0 saturated carbocycles. The van der Waals surface area contributed by atoms with E-state index in [1.165, 1.54) is 0 Å². The summed E-state index contributed by atoms with van der Waals surface area (Å²) in [7, 11) is 0. The van der Waals surface area contributed by atoms with Gasteiger partial charge in [-0.2, -0.15) is 0 Å². The molecule has 1 unspecified atom stereocenters. The van der Waals surface area contributed by atoms with Crippen molar-refractivity contribution in [3.05, 3.63) is 143 Å². The largest absolute Gasteiger partial charge is 0.490 e. The molecule has 0 spiro atoms. The zero-order valence-electron chi connectivity index (χ0n) is 19.9. The van der Waals surface area contributed by atoms with Crippen molar-refractivity contribution >= 4 is 18.4 Å². The van der Waals surface area contributed by atoms with E-state index in [-0.39, 0.29) is 0 Å². The van der Waals surface area contributed by atoms with E-state index in [1.54, 1.807) is 18.2 Å². The van der Waals surface area contributed by atoms with Crippen LogP contribution in [0.4, 0.5) is 0 Å². The third-order valence-electron chi connectivity index (χ3n) is 5.54. The average Bonchev–Trinajstić information content (AvgIpc) is 2.94. The van der Waals surface area contributed by atoms with Crippen LogP contribution in [0.25, 0.3) is 12.2 Å².